The van der Waals surface area contributed by atoms with Crippen LogP contribution in [-0.4, -0.2) is 32.3 Å². The molecule has 0 amide bonds. The number of aliphatic imine (C=N–C) groups is 1. The zero-order chi connectivity index (χ0) is 12.3. The van der Waals surface area contributed by atoms with Gasteiger partial charge in [-0.25, -0.2) is 5.84 Å². The average Bonchev–Trinajstić information content (AvgIpc) is 3.16. The monoisotopic (exact) mass is 240 g/mol. The summed E-state index contributed by atoms with van der Waals surface area (Å²) in [6, 6.07) is 0.214. The predicted octanol–water partition coefficient (Wildman–Crippen LogP) is 0.620. The molecule has 1 atom stereocenters. The highest BCUT2D eigenvalue weighted by Gasteiger charge is 2.53. The second-order valence-electron chi connectivity index (χ2n) is 5.45. The van der Waals surface area contributed by atoms with E-state index in [0.717, 1.165) is 12.5 Å². The number of hydrogen-bond donors (Lipinski definition) is 3. The highest BCUT2D eigenvalue weighted by atomic mass is 16.5. The van der Waals surface area contributed by atoms with Crippen molar-refractivity contribution in [1.82, 2.24) is 10.7 Å². The SMILES string of the molecule is COCC(C)NC(=NCC1(C2CC2)CC1)NN. The predicted molar refractivity (Wildman–Crippen MR) is 68.5 cm³/mol. The van der Waals surface area contributed by atoms with Crippen LogP contribution in [0.3, 0.4) is 0 Å². The molecule has 5 nitrogen and oxygen atoms in total. The van der Waals surface area contributed by atoms with E-state index >= 15 is 0 Å². The van der Waals surface area contributed by atoms with E-state index < -0.39 is 0 Å². The fourth-order valence-corrected chi connectivity index (χ4v) is 2.45. The number of methoxy groups -OCH3 is 1. The molecular formula is C12H24N4O. The zero-order valence-electron chi connectivity index (χ0n) is 10.8. The highest BCUT2D eigenvalue weighted by molar-refractivity contribution is 5.79. The number of hydrogen-bond acceptors (Lipinski definition) is 3. The number of ether oxygens (including phenoxy) is 1. The van der Waals surface area contributed by atoms with Crippen LogP contribution in [-0.2, 0) is 4.74 Å². The number of hydrazine groups is 1. The van der Waals surface area contributed by atoms with Gasteiger partial charge in [-0.05, 0) is 43.9 Å². The van der Waals surface area contributed by atoms with Crippen LogP contribution in [0.4, 0.5) is 0 Å². The Hall–Kier alpha value is -0.810. The lowest BCUT2D eigenvalue weighted by Crippen LogP contribution is -2.47. The van der Waals surface area contributed by atoms with Gasteiger partial charge in [0.15, 0.2) is 0 Å². The van der Waals surface area contributed by atoms with E-state index in [1.807, 2.05) is 6.92 Å². The number of rotatable bonds is 6. The van der Waals surface area contributed by atoms with Gasteiger partial charge in [0.05, 0.1) is 6.61 Å². The molecule has 2 fully saturated rings. The van der Waals surface area contributed by atoms with Gasteiger partial charge >= 0.3 is 0 Å². The molecule has 0 radical (unpaired) electrons. The second-order valence-corrected chi connectivity index (χ2v) is 5.45. The van der Waals surface area contributed by atoms with Crippen LogP contribution < -0.4 is 16.6 Å². The summed E-state index contributed by atoms with van der Waals surface area (Å²) >= 11 is 0. The van der Waals surface area contributed by atoms with Crippen molar-refractivity contribution in [2.24, 2.45) is 22.2 Å². The third-order valence-corrected chi connectivity index (χ3v) is 3.82. The highest BCUT2D eigenvalue weighted by Crippen LogP contribution is 2.61. The summed E-state index contributed by atoms with van der Waals surface area (Å²) in [6.45, 7) is 3.60. The molecule has 2 aliphatic carbocycles. The molecule has 4 N–H and O–H groups in total. The molecule has 2 saturated carbocycles. The van der Waals surface area contributed by atoms with Gasteiger partial charge in [-0.2, -0.15) is 0 Å². The first-order valence-corrected chi connectivity index (χ1v) is 6.47. The Kier molecular flexibility index (Phi) is 3.89. The molecular weight excluding hydrogens is 216 g/mol. The molecule has 98 valence electrons. The van der Waals surface area contributed by atoms with Crippen molar-refractivity contribution in [3.8, 4) is 0 Å². The van der Waals surface area contributed by atoms with E-state index in [1.54, 1.807) is 7.11 Å². The standard InChI is InChI=1S/C12H24N4O/c1-9(7-17-2)15-11(16-13)14-8-12(5-6-12)10-3-4-10/h9-10H,3-8,13H2,1-2H3,(H2,14,15,16). The Morgan fingerprint density at radius 2 is 2.24 bits per heavy atom. The van der Waals surface area contributed by atoms with E-state index in [9.17, 15) is 0 Å². The smallest absolute Gasteiger partial charge is 0.206 e. The Labute approximate surface area is 103 Å². The van der Waals surface area contributed by atoms with Crippen molar-refractivity contribution < 1.29 is 4.74 Å². The minimum Gasteiger partial charge on any atom is -0.383 e. The summed E-state index contributed by atoms with van der Waals surface area (Å²) in [5.74, 6) is 7.09. The molecule has 0 aromatic heterocycles. The molecule has 1 unspecified atom stereocenters. The van der Waals surface area contributed by atoms with Crippen molar-refractivity contribution in [2.75, 3.05) is 20.3 Å². The van der Waals surface area contributed by atoms with Crippen LogP contribution in [0, 0.1) is 11.3 Å². The maximum Gasteiger partial charge on any atom is 0.206 e. The fraction of sp³-hybridized carbons (Fsp3) is 0.917. The molecule has 0 heterocycles. The van der Waals surface area contributed by atoms with Crippen LogP contribution in [0.25, 0.3) is 0 Å². The van der Waals surface area contributed by atoms with E-state index in [1.165, 1.54) is 25.7 Å². The zero-order valence-corrected chi connectivity index (χ0v) is 10.8. The Morgan fingerprint density at radius 1 is 1.53 bits per heavy atom. The van der Waals surface area contributed by atoms with Crippen LogP contribution >= 0.6 is 0 Å². The van der Waals surface area contributed by atoms with Gasteiger partial charge in [-0.1, -0.05) is 0 Å². The van der Waals surface area contributed by atoms with Gasteiger partial charge in [0.25, 0.3) is 0 Å². The first kappa shape index (κ1) is 12.6. The van der Waals surface area contributed by atoms with E-state index in [0.29, 0.717) is 18.0 Å². The van der Waals surface area contributed by atoms with Gasteiger partial charge in [0.1, 0.15) is 0 Å². The number of nitrogens with one attached hydrogen (secondary N) is 2. The number of guanidine groups is 1. The number of nitrogens with two attached hydrogens (primary N) is 1. The summed E-state index contributed by atoms with van der Waals surface area (Å²) in [5.41, 5.74) is 3.16. The van der Waals surface area contributed by atoms with Crippen molar-refractivity contribution in [1.29, 1.82) is 0 Å². The molecule has 0 aromatic rings. The molecule has 0 bridgehead atoms. The third kappa shape index (κ3) is 3.33. The fourth-order valence-electron chi connectivity index (χ4n) is 2.45. The summed E-state index contributed by atoms with van der Waals surface area (Å²) < 4.78 is 5.07. The topological polar surface area (TPSA) is 71.7 Å². The van der Waals surface area contributed by atoms with Gasteiger partial charge in [-0.3, -0.25) is 10.4 Å². The summed E-state index contributed by atoms with van der Waals surface area (Å²) in [4.78, 5) is 4.57. The van der Waals surface area contributed by atoms with E-state index in [-0.39, 0.29) is 6.04 Å². The normalized spacial score (nSPS) is 24.3. The molecule has 0 aromatic carbocycles. The van der Waals surface area contributed by atoms with Gasteiger partial charge < -0.3 is 10.1 Å². The summed E-state index contributed by atoms with van der Waals surface area (Å²) in [6.07, 6.45) is 5.47. The maximum atomic E-state index is 5.47. The average molecular weight is 240 g/mol. The van der Waals surface area contributed by atoms with Gasteiger partial charge in [0, 0.05) is 19.7 Å². The molecule has 2 rings (SSSR count). The Bertz CT molecular complexity index is 284. The molecule has 2 aliphatic rings. The quantitative estimate of drug-likeness (QED) is 0.275. The van der Waals surface area contributed by atoms with Crippen molar-refractivity contribution in [3.05, 3.63) is 0 Å². The van der Waals surface area contributed by atoms with Crippen LogP contribution in [0.15, 0.2) is 4.99 Å². The lowest BCUT2D eigenvalue weighted by atomic mass is 10.0. The largest absolute Gasteiger partial charge is 0.383 e. The minimum absolute atomic E-state index is 0.214. The maximum absolute atomic E-state index is 5.47. The number of nitrogens with zero attached hydrogens (tertiary/aromatic N) is 1. The molecule has 0 aliphatic heterocycles. The van der Waals surface area contributed by atoms with Crippen molar-refractivity contribution >= 4 is 5.96 Å². The Balaban J connectivity index is 1.80. The van der Waals surface area contributed by atoms with E-state index in [2.05, 4.69) is 15.7 Å². The summed E-state index contributed by atoms with van der Waals surface area (Å²) in [5, 5.41) is 3.22. The minimum atomic E-state index is 0.214. The molecule has 0 saturated heterocycles. The van der Waals surface area contributed by atoms with Gasteiger partial charge in [0.2, 0.25) is 5.96 Å². The molecule has 5 heteroatoms. The van der Waals surface area contributed by atoms with Gasteiger partial charge in [-0.15, -0.1) is 0 Å². The second kappa shape index (κ2) is 5.23. The summed E-state index contributed by atoms with van der Waals surface area (Å²) in [7, 11) is 1.69. The van der Waals surface area contributed by atoms with E-state index in [4.69, 9.17) is 10.6 Å². The van der Waals surface area contributed by atoms with Crippen LogP contribution in [0.2, 0.25) is 0 Å². The molecule has 17 heavy (non-hydrogen) atoms. The third-order valence-electron chi connectivity index (χ3n) is 3.82. The van der Waals surface area contributed by atoms with Crippen LogP contribution in [0.5, 0.6) is 0 Å². The molecule has 0 spiro atoms. The lowest BCUT2D eigenvalue weighted by Gasteiger charge is -2.17. The van der Waals surface area contributed by atoms with Crippen molar-refractivity contribution in [2.45, 2.75) is 38.6 Å². The lowest BCUT2D eigenvalue weighted by molar-refractivity contribution is 0.179. The van der Waals surface area contributed by atoms with Crippen LogP contribution in [0.1, 0.15) is 32.6 Å². The van der Waals surface area contributed by atoms with Crippen molar-refractivity contribution in [3.63, 3.8) is 0 Å². The first-order valence-electron chi connectivity index (χ1n) is 6.47. The Morgan fingerprint density at radius 3 is 2.71 bits per heavy atom. The first-order chi connectivity index (χ1) is 8.20.